The van der Waals surface area contributed by atoms with Crippen LogP contribution >= 0.6 is 55.1 Å². The van der Waals surface area contributed by atoms with Gasteiger partial charge in [0.25, 0.3) is 0 Å². The Morgan fingerprint density at radius 1 is 1.20 bits per heavy atom. The second kappa shape index (κ2) is 5.64. The van der Waals surface area contributed by atoms with Crippen molar-refractivity contribution in [1.29, 1.82) is 0 Å². The van der Waals surface area contributed by atoms with Gasteiger partial charge in [-0.05, 0) is 56.1 Å². The Hall–Kier alpha value is -0.620. The minimum atomic E-state index is 0.285. The molecule has 0 amide bonds. The number of nitrogens with zero attached hydrogens (tertiary/aromatic N) is 3. The summed E-state index contributed by atoms with van der Waals surface area (Å²) in [5.74, 6) is 1.00. The van der Waals surface area contributed by atoms with Crippen molar-refractivity contribution in [2.45, 2.75) is 5.88 Å². The maximum atomic E-state index is 6.09. The number of hydrogen-bond donors (Lipinski definition) is 0. The number of fused-ring (bicyclic) bond motifs is 1. The third kappa shape index (κ3) is 2.48. The van der Waals surface area contributed by atoms with Gasteiger partial charge in [-0.25, -0.2) is 9.97 Å². The van der Waals surface area contributed by atoms with Gasteiger partial charge in [0.05, 0.1) is 11.6 Å². The highest BCUT2D eigenvalue weighted by Gasteiger charge is 2.15. The van der Waals surface area contributed by atoms with Crippen molar-refractivity contribution >= 4 is 66.2 Å². The molecule has 0 radical (unpaired) electrons. The van der Waals surface area contributed by atoms with E-state index in [-0.39, 0.29) is 5.88 Å². The Morgan fingerprint density at radius 2 is 2.00 bits per heavy atom. The van der Waals surface area contributed by atoms with Crippen LogP contribution in [0.5, 0.6) is 0 Å². The molecular formula is C13H7Br2Cl2N3. The third-order valence-electron chi connectivity index (χ3n) is 2.80. The van der Waals surface area contributed by atoms with E-state index in [2.05, 4.69) is 41.8 Å². The molecule has 0 aliphatic carbocycles. The van der Waals surface area contributed by atoms with Crippen LogP contribution < -0.4 is 0 Å². The summed E-state index contributed by atoms with van der Waals surface area (Å²) in [6.07, 6.45) is 1.73. The van der Waals surface area contributed by atoms with Gasteiger partial charge in [0.15, 0.2) is 5.65 Å². The lowest BCUT2D eigenvalue weighted by Gasteiger charge is -2.09. The molecule has 2 heterocycles. The second-order valence-electron chi connectivity index (χ2n) is 4.09. The van der Waals surface area contributed by atoms with Crippen molar-refractivity contribution in [3.63, 3.8) is 0 Å². The van der Waals surface area contributed by atoms with Crippen LogP contribution in [0, 0.1) is 0 Å². The van der Waals surface area contributed by atoms with Crippen molar-refractivity contribution in [1.82, 2.24) is 14.5 Å². The molecule has 3 nitrogen and oxygen atoms in total. The molecule has 0 aliphatic rings. The Balaban J connectivity index is 2.37. The van der Waals surface area contributed by atoms with E-state index in [1.54, 1.807) is 6.20 Å². The van der Waals surface area contributed by atoms with Gasteiger partial charge in [-0.3, -0.25) is 4.57 Å². The van der Waals surface area contributed by atoms with Crippen LogP contribution in [0.15, 0.2) is 39.4 Å². The molecule has 0 saturated carbocycles. The molecule has 3 rings (SSSR count). The van der Waals surface area contributed by atoms with Gasteiger partial charge in [-0.2, -0.15) is 0 Å². The highest BCUT2D eigenvalue weighted by atomic mass is 79.9. The number of rotatable bonds is 2. The molecule has 1 aromatic carbocycles. The van der Waals surface area contributed by atoms with Gasteiger partial charge in [-0.15, -0.1) is 11.6 Å². The molecule has 0 unspecified atom stereocenters. The summed E-state index contributed by atoms with van der Waals surface area (Å²) in [5, 5.41) is 0.641. The molecule has 0 saturated heterocycles. The molecule has 20 heavy (non-hydrogen) atoms. The maximum Gasteiger partial charge on any atom is 0.164 e. The monoisotopic (exact) mass is 433 g/mol. The standard InChI is InChI=1S/C13H7Br2Cl2N3/c14-7-3-10-13(18-6-7)20(12(5-16)19-10)11-4-8(17)1-2-9(11)15/h1-4,6H,5H2. The Kier molecular flexibility index (Phi) is 4.04. The van der Waals surface area contributed by atoms with Crippen LogP contribution in [0.1, 0.15) is 5.82 Å². The molecule has 2 aromatic heterocycles. The number of hydrogen-bond acceptors (Lipinski definition) is 2. The summed E-state index contributed by atoms with van der Waals surface area (Å²) in [5.41, 5.74) is 2.39. The van der Waals surface area contributed by atoms with Crippen LogP contribution in [0.3, 0.4) is 0 Å². The topological polar surface area (TPSA) is 30.7 Å². The van der Waals surface area contributed by atoms with Crippen LogP contribution in [0.25, 0.3) is 16.9 Å². The minimum Gasteiger partial charge on any atom is -0.278 e. The SMILES string of the molecule is ClCc1nc2cc(Br)cnc2n1-c1cc(Cl)ccc1Br. The molecule has 0 atom stereocenters. The van der Waals surface area contributed by atoms with Gasteiger partial charge in [0.1, 0.15) is 11.3 Å². The number of benzene rings is 1. The van der Waals surface area contributed by atoms with Crippen LogP contribution in [0.2, 0.25) is 5.02 Å². The number of pyridine rings is 1. The largest absolute Gasteiger partial charge is 0.278 e. The molecule has 0 spiro atoms. The van der Waals surface area contributed by atoms with E-state index in [0.717, 1.165) is 31.6 Å². The summed E-state index contributed by atoms with van der Waals surface area (Å²) < 4.78 is 3.68. The van der Waals surface area contributed by atoms with E-state index in [4.69, 9.17) is 23.2 Å². The first-order valence-corrected chi connectivity index (χ1v) is 8.14. The summed E-state index contributed by atoms with van der Waals surface area (Å²) >= 11 is 19.0. The quantitative estimate of drug-likeness (QED) is 0.509. The average molecular weight is 436 g/mol. The number of aromatic nitrogens is 3. The Labute approximate surface area is 142 Å². The Bertz CT molecular complexity index is 802. The normalized spacial score (nSPS) is 11.2. The van der Waals surface area contributed by atoms with E-state index in [1.165, 1.54) is 0 Å². The van der Waals surface area contributed by atoms with Gasteiger partial charge in [-0.1, -0.05) is 11.6 Å². The Morgan fingerprint density at radius 3 is 2.75 bits per heavy atom. The van der Waals surface area contributed by atoms with E-state index in [9.17, 15) is 0 Å². The fourth-order valence-corrected chi connectivity index (χ4v) is 3.08. The fourth-order valence-electron chi connectivity index (χ4n) is 1.99. The molecule has 0 bridgehead atoms. The molecule has 7 heteroatoms. The molecule has 0 aliphatic heterocycles. The predicted octanol–water partition coefficient (Wildman–Crippen LogP) is 5.34. The smallest absolute Gasteiger partial charge is 0.164 e. The molecule has 102 valence electrons. The zero-order valence-electron chi connectivity index (χ0n) is 9.95. The van der Waals surface area contributed by atoms with E-state index in [0.29, 0.717) is 5.02 Å². The van der Waals surface area contributed by atoms with Gasteiger partial charge in [0.2, 0.25) is 0 Å². The van der Waals surface area contributed by atoms with Crippen LogP contribution in [-0.4, -0.2) is 14.5 Å². The van der Waals surface area contributed by atoms with Gasteiger partial charge >= 0.3 is 0 Å². The summed E-state index contributed by atoms with van der Waals surface area (Å²) in [7, 11) is 0. The van der Waals surface area contributed by atoms with Crippen molar-refractivity contribution < 1.29 is 0 Å². The van der Waals surface area contributed by atoms with Gasteiger partial charge in [0, 0.05) is 20.2 Å². The lowest BCUT2D eigenvalue weighted by Crippen LogP contribution is -2.01. The van der Waals surface area contributed by atoms with Crippen molar-refractivity contribution in [2.75, 3.05) is 0 Å². The maximum absolute atomic E-state index is 6.09. The van der Waals surface area contributed by atoms with Gasteiger partial charge < -0.3 is 0 Å². The summed E-state index contributed by atoms with van der Waals surface area (Å²) in [6, 6.07) is 7.47. The van der Waals surface area contributed by atoms with Crippen LogP contribution in [0.4, 0.5) is 0 Å². The lowest BCUT2D eigenvalue weighted by atomic mass is 10.3. The van der Waals surface area contributed by atoms with Crippen molar-refractivity contribution in [3.8, 4) is 5.69 Å². The van der Waals surface area contributed by atoms with Crippen molar-refractivity contribution in [2.24, 2.45) is 0 Å². The third-order valence-corrected chi connectivity index (χ3v) is 4.38. The van der Waals surface area contributed by atoms with E-state index in [1.807, 2.05) is 28.8 Å². The van der Waals surface area contributed by atoms with Crippen LogP contribution in [-0.2, 0) is 5.88 Å². The number of imidazole rings is 1. The lowest BCUT2D eigenvalue weighted by molar-refractivity contribution is 0.965. The first kappa shape index (κ1) is 14.3. The molecule has 3 aromatic rings. The summed E-state index contributed by atoms with van der Waals surface area (Å²) in [6.45, 7) is 0. The summed E-state index contributed by atoms with van der Waals surface area (Å²) in [4.78, 5) is 8.94. The minimum absolute atomic E-state index is 0.285. The molecule has 0 fully saturated rings. The first-order chi connectivity index (χ1) is 9.60. The zero-order valence-corrected chi connectivity index (χ0v) is 14.6. The van der Waals surface area contributed by atoms with E-state index < -0.39 is 0 Å². The zero-order chi connectivity index (χ0) is 14.3. The second-order valence-corrected chi connectivity index (χ2v) is 6.56. The van der Waals surface area contributed by atoms with E-state index >= 15 is 0 Å². The molecular weight excluding hydrogens is 429 g/mol. The van der Waals surface area contributed by atoms with Crippen molar-refractivity contribution in [3.05, 3.63) is 50.3 Å². The number of alkyl halides is 1. The highest BCUT2D eigenvalue weighted by Crippen LogP contribution is 2.30. The molecule has 0 N–H and O–H groups in total. The highest BCUT2D eigenvalue weighted by molar-refractivity contribution is 9.10. The fraction of sp³-hybridized carbons (Fsp3) is 0.0769. The predicted molar refractivity (Wildman–Crippen MR) is 88.8 cm³/mol. The first-order valence-electron chi connectivity index (χ1n) is 5.64. The number of halogens is 4. The average Bonchev–Trinajstić information content (AvgIpc) is 2.78.